The molecule has 10 heteroatoms. The first-order valence-electron chi connectivity index (χ1n) is 10.6. The van der Waals surface area contributed by atoms with Crippen molar-refractivity contribution >= 4 is 68.7 Å². The number of carbonyl (C=O) groups is 3. The number of rotatable bonds is 6. The van der Waals surface area contributed by atoms with E-state index < -0.39 is 17.8 Å². The molecule has 0 unspecified atom stereocenters. The summed E-state index contributed by atoms with van der Waals surface area (Å²) in [7, 11) is 1.47. The van der Waals surface area contributed by atoms with Gasteiger partial charge in [0.25, 0.3) is 11.8 Å². The number of barbiturate groups is 1. The van der Waals surface area contributed by atoms with E-state index in [4.69, 9.17) is 32.7 Å². The summed E-state index contributed by atoms with van der Waals surface area (Å²) < 4.78 is 11.9. The van der Waals surface area contributed by atoms with Crippen molar-refractivity contribution in [2.45, 2.75) is 13.5 Å². The lowest BCUT2D eigenvalue weighted by Crippen LogP contribution is -2.54. The van der Waals surface area contributed by atoms with Gasteiger partial charge in [-0.2, -0.15) is 0 Å². The number of carbonyl (C=O) groups excluding carboxylic acids is 3. The molecule has 1 heterocycles. The average molecular weight is 590 g/mol. The molecule has 3 aromatic rings. The summed E-state index contributed by atoms with van der Waals surface area (Å²) in [4.78, 5) is 39.1. The zero-order valence-corrected chi connectivity index (χ0v) is 22.2. The molecule has 0 bridgehead atoms. The second-order valence-corrected chi connectivity index (χ2v) is 9.55. The number of hydrogen-bond acceptors (Lipinski definition) is 5. The second kappa shape index (κ2) is 10.7. The molecular formula is C26H19BrCl2N2O5. The molecule has 1 fully saturated rings. The van der Waals surface area contributed by atoms with Crippen LogP contribution in [0.1, 0.15) is 16.7 Å². The Kier molecular flexibility index (Phi) is 7.68. The van der Waals surface area contributed by atoms with Crippen LogP contribution in [0.15, 0.2) is 64.6 Å². The molecule has 4 rings (SSSR count). The maximum Gasteiger partial charge on any atom is 0.335 e. The summed E-state index contributed by atoms with van der Waals surface area (Å²) in [6.07, 6.45) is 1.39. The van der Waals surface area contributed by atoms with Gasteiger partial charge in [-0.25, -0.2) is 9.69 Å². The van der Waals surface area contributed by atoms with Crippen LogP contribution in [0.4, 0.5) is 10.5 Å². The molecule has 1 aliphatic rings. The van der Waals surface area contributed by atoms with Crippen molar-refractivity contribution in [3.63, 3.8) is 0 Å². The Morgan fingerprint density at radius 1 is 1.06 bits per heavy atom. The predicted molar refractivity (Wildman–Crippen MR) is 142 cm³/mol. The third kappa shape index (κ3) is 5.41. The lowest BCUT2D eigenvalue weighted by molar-refractivity contribution is -0.122. The van der Waals surface area contributed by atoms with Gasteiger partial charge >= 0.3 is 6.03 Å². The monoisotopic (exact) mass is 588 g/mol. The quantitative estimate of drug-likeness (QED) is 0.269. The third-order valence-electron chi connectivity index (χ3n) is 5.31. The highest BCUT2D eigenvalue weighted by Gasteiger charge is 2.36. The number of imide groups is 2. The van der Waals surface area contributed by atoms with Gasteiger partial charge in [-0.3, -0.25) is 14.9 Å². The predicted octanol–water partition coefficient (Wildman–Crippen LogP) is 6.32. The van der Waals surface area contributed by atoms with E-state index in [1.54, 1.807) is 48.5 Å². The smallest absolute Gasteiger partial charge is 0.335 e. The van der Waals surface area contributed by atoms with Crippen molar-refractivity contribution in [1.82, 2.24) is 5.32 Å². The third-order valence-corrected chi connectivity index (χ3v) is 6.49. The van der Waals surface area contributed by atoms with Crippen LogP contribution in [0, 0.1) is 6.92 Å². The topological polar surface area (TPSA) is 84.9 Å². The highest BCUT2D eigenvalue weighted by molar-refractivity contribution is 9.10. The van der Waals surface area contributed by atoms with E-state index in [2.05, 4.69) is 21.2 Å². The average Bonchev–Trinajstić information content (AvgIpc) is 2.81. The fourth-order valence-electron chi connectivity index (χ4n) is 3.58. The number of benzene rings is 3. The summed E-state index contributed by atoms with van der Waals surface area (Å²) in [6, 6.07) is 14.4. The van der Waals surface area contributed by atoms with Gasteiger partial charge in [0, 0.05) is 15.6 Å². The van der Waals surface area contributed by atoms with Crippen molar-refractivity contribution in [1.29, 1.82) is 0 Å². The molecule has 0 saturated carbocycles. The fraction of sp³-hybridized carbons (Fsp3) is 0.115. The largest absolute Gasteiger partial charge is 0.493 e. The summed E-state index contributed by atoms with van der Waals surface area (Å²) in [5.41, 5.74) is 2.23. The molecule has 4 amide bonds. The van der Waals surface area contributed by atoms with Gasteiger partial charge in [-0.05, 0) is 76.5 Å². The van der Waals surface area contributed by atoms with Crippen molar-refractivity contribution in [2.24, 2.45) is 0 Å². The van der Waals surface area contributed by atoms with E-state index in [1.165, 1.54) is 13.2 Å². The Morgan fingerprint density at radius 3 is 2.53 bits per heavy atom. The summed E-state index contributed by atoms with van der Waals surface area (Å²) in [6.45, 7) is 1.99. The molecule has 1 saturated heterocycles. The van der Waals surface area contributed by atoms with Gasteiger partial charge in [0.05, 0.1) is 17.3 Å². The summed E-state index contributed by atoms with van der Waals surface area (Å²) in [5, 5.41) is 3.20. The maximum atomic E-state index is 13.2. The number of methoxy groups -OCH3 is 1. The molecule has 36 heavy (non-hydrogen) atoms. The number of nitrogens with one attached hydrogen (secondary N) is 1. The van der Waals surface area contributed by atoms with E-state index in [9.17, 15) is 14.4 Å². The Hall–Kier alpha value is -3.33. The van der Waals surface area contributed by atoms with E-state index in [0.717, 1.165) is 16.0 Å². The molecule has 184 valence electrons. The molecule has 7 nitrogen and oxygen atoms in total. The molecule has 1 aliphatic heterocycles. The van der Waals surface area contributed by atoms with E-state index in [0.29, 0.717) is 37.3 Å². The van der Waals surface area contributed by atoms with Crippen molar-refractivity contribution in [2.75, 3.05) is 12.0 Å². The second-order valence-electron chi connectivity index (χ2n) is 7.86. The van der Waals surface area contributed by atoms with Crippen LogP contribution in [-0.4, -0.2) is 25.0 Å². The Morgan fingerprint density at radius 2 is 1.83 bits per heavy atom. The number of halogens is 3. The molecule has 0 radical (unpaired) electrons. The van der Waals surface area contributed by atoms with Gasteiger partial charge in [0.2, 0.25) is 0 Å². The Balaban J connectivity index is 1.64. The molecule has 0 spiro atoms. The minimum Gasteiger partial charge on any atom is -0.493 e. The first kappa shape index (κ1) is 25.8. The van der Waals surface area contributed by atoms with Gasteiger partial charge in [0.1, 0.15) is 12.2 Å². The highest BCUT2D eigenvalue weighted by Crippen LogP contribution is 2.38. The molecule has 0 aromatic heterocycles. The SMILES string of the molecule is COc1cc(/C=C2\C(=O)NC(=O)N(c3cccc(C)c3)C2=O)cc(Br)c1OCc1ccc(Cl)cc1Cl. The number of ether oxygens (including phenoxy) is 2. The number of anilines is 1. The van der Waals surface area contributed by atoms with E-state index in [1.807, 2.05) is 13.0 Å². The lowest BCUT2D eigenvalue weighted by Gasteiger charge is -2.26. The molecule has 0 aliphatic carbocycles. The van der Waals surface area contributed by atoms with Gasteiger partial charge < -0.3 is 9.47 Å². The van der Waals surface area contributed by atoms with Gasteiger partial charge in [0.15, 0.2) is 11.5 Å². The van der Waals surface area contributed by atoms with Gasteiger partial charge in [-0.15, -0.1) is 0 Å². The van der Waals surface area contributed by atoms with Crippen LogP contribution >= 0.6 is 39.1 Å². The summed E-state index contributed by atoms with van der Waals surface area (Å²) >= 11 is 15.6. The van der Waals surface area contributed by atoms with Crippen LogP contribution in [0.3, 0.4) is 0 Å². The molecule has 0 atom stereocenters. The van der Waals surface area contributed by atoms with Crippen molar-refractivity contribution in [3.8, 4) is 11.5 Å². The number of amides is 4. The molecule has 1 N–H and O–H groups in total. The van der Waals surface area contributed by atoms with Crippen molar-refractivity contribution < 1.29 is 23.9 Å². The lowest BCUT2D eigenvalue weighted by atomic mass is 10.1. The number of aryl methyl sites for hydroxylation is 1. The first-order valence-corrected chi connectivity index (χ1v) is 12.1. The zero-order chi connectivity index (χ0) is 26.0. The van der Waals surface area contributed by atoms with Gasteiger partial charge in [-0.1, -0.05) is 41.4 Å². The number of urea groups is 1. The van der Waals surface area contributed by atoms with Crippen LogP contribution in [-0.2, 0) is 16.2 Å². The summed E-state index contributed by atoms with van der Waals surface area (Å²) in [5.74, 6) is -0.762. The van der Waals surface area contributed by atoms with Crippen LogP contribution in [0.2, 0.25) is 10.0 Å². The normalized spacial score (nSPS) is 14.8. The standard InChI is InChI=1S/C26H19BrCl2N2O5/c1-14-4-3-5-18(8-14)31-25(33)19(24(32)30-26(31)34)9-15-10-20(27)23(22(11-15)35-2)36-13-16-6-7-17(28)12-21(16)29/h3-12H,13H2,1-2H3,(H,30,32,34)/b19-9+. The van der Waals surface area contributed by atoms with E-state index >= 15 is 0 Å². The minimum absolute atomic E-state index is 0.153. The Labute approximate surface area is 225 Å². The molecule has 3 aromatic carbocycles. The highest BCUT2D eigenvalue weighted by atomic mass is 79.9. The fourth-order valence-corrected chi connectivity index (χ4v) is 4.61. The van der Waals surface area contributed by atoms with Crippen LogP contribution < -0.4 is 19.7 Å². The number of nitrogens with zero attached hydrogens (tertiary/aromatic N) is 1. The Bertz CT molecular complexity index is 1420. The van der Waals surface area contributed by atoms with E-state index in [-0.39, 0.29) is 12.2 Å². The maximum absolute atomic E-state index is 13.2. The number of hydrogen-bond donors (Lipinski definition) is 1. The van der Waals surface area contributed by atoms with Crippen LogP contribution in [0.5, 0.6) is 11.5 Å². The van der Waals surface area contributed by atoms with Crippen molar-refractivity contribution in [3.05, 3.63) is 91.4 Å². The minimum atomic E-state index is -0.809. The zero-order valence-electron chi connectivity index (χ0n) is 19.1. The van der Waals surface area contributed by atoms with Crippen LogP contribution in [0.25, 0.3) is 6.08 Å². The first-order chi connectivity index (χ1) is 17.2. The molecular weight excluding hydrogens is 571 g/mol.